The van der Waals surface area contributed by atoms with Crippen LogP contribution in [0.25, 0.3) is 0 Å². The zero-order valence-corrected chi connectivity index (χ0v) is 13.0. The van der Waals surface area contributed by atoms with Crippen LogP contribution in [0.1, 0.15) is 17.5 Å². The molecule has 2 aromatic carbocycles. The minimum Gasteiger partial charge on any atom is -0.465 e. The number of fused-ring (bicyclic) bond motifs is 2. The predicted octanol–water partition coefficient (Wildman–Crippen LogP) is 3.33. The molecule has 1 atom stereocenters. The van der Waals surface area contributed by atoms with Crippen molar-refractivity contribution in [3.63, 3.8) is 0 Å². The van der Waals surface area contributed by atoms with Gasteiger partial charge >= 0.3 is 6.09 Å². The topological polar surface area (TPSA) is 43.8 Å². The highest BCUT2D eigenvalue weighted by Crippen LogP contribution is 2.46. The third-order valence-corrected chi connectivity index (χ3v) is 5.15. The summed E-state index contributed by atoms with van der Waals surface area (Å²) in [7, 11) is 0. The van der Waals surface area contributed by atoms with Gasteiger partial charge in [-0.25, -0.2) is 4.79 Å². The highest BCUT2D eigenvalue weighted by molar-refractivity contribution is 5.68. The van der Waals surface area contributed by atoms with Crippen LogP contribution in [0.3, 0.4) is 0 Å². The number of hydrogen-bond donors (Lipinski definition) is 1. The molecule has 1 fully saturated rings. The molecule has 4 rings (SSSR count). The normalized spacial score (nSPS) is 22.6. The maximum Gasteiger partial charge on any atom is 0.407 e. The van der Waals surface area contributed by atoms with Crippen LogP contribution in [-0.4, -0.2) is 35.7 Å². The van der Waals surface area contributed by atoms with Crippen molar-refractivity contribution in [2.45, 2.75) is 18.4 Å². The van der Waals surface area contributed by atoms with E-state index in [4.69, 9.17) is 0 Å². The summed E-state index contributed by atoms with van der Waals surface area (Å²) in [5.41, 5.74) is 3.79. The molecular weight excluding hydrogens is 288 g/mol. The molecule has 0 aromatic heterocycles. The monoisotopic (exact) mass is 308 g/mol. The van der Waals surface area contributed by atoms with E-state index in [1.807, 2.05) is 6.07 Å². The van der Waals surface area contributed by atoms with E-state index in [1.165, 1.54) is 16.8 Å². The van der Waals surface area contributed by atoms with Gasteiger partial charge in [-0.15, -0.1) is 0 Å². The average molecular weight is 308 g/mol. The minimum atomic E-state index is -0.805. The van der Waals surface area contributed by atoms with Gasteiger partial charge in [0.25, 0.3) is 0 Å². The molecule has 0 bridgehead atoms. The van der Waals surface area contributed by atoms with E-state index in [0.29, 0.717) is 13.1 Å². The fraction of sp³-hybridized carbons (Fsp3) is 0.316. The van der Waals surface area contributed by atoms with Crippen LogP contribution in [0.4, 0.5) is 10.5 Å². The molecule has 4 heteroatoms. The van der Waals surface area contributed by atoms with Crippen LogP contribution < -0.4 is 4.90 Å². The Bertz CT molecular complexity index is 731. The minimum absolute atomic E-state index is 0.0518. The Labute approximate surface area is 136 Å². The van der Waals surface area contributed by atoms with Gasteiger partial charge in [-0.2, -0.15) is 0 Å². The lowest BCUT2D eigenvalue weighted by Gasteiger charge is -2.26. The second kappa shape index (κ2) is 5.30. The molecule has 23 heavy (non-hydrogen) atoms. The molecule has 0 aliphatic carbocycles. The Balaban J connectivity index is 1.66. The van der Waals surface area contributed by atoms with Gasteiger partial charge in [-0.05, 0) is 23.6 Å². The van der Waals surface area contributed by atoms with Crippen LogP contribution in [0.2, 0.25) is 0 Å². The summed E-state index contributed by atoms with van der Waals surface area (Å²) in [4.78, 5) is 15.3. The lowest BCUT2D eigenvalue weighted by atomic mass is 9.82. The van der Waals surface area contributed by atoms with E-state index in [1.54, 1.807) is 4.90 Å². The fourth-order valence-corrected chi connectivity index (χ4v) is 4.06. The largest absolute Gasteiger partial charge is 0.465 e. The molecule has 2 heterocycles. The van der Waals surface area contributed by atoms with Crippen LogP contribution in [0.5, 0.6) is 0 Å². The van der Waals surface area contributed by atoms with Gasteiger partial charge in [0, 0.05) is 37.3 Å². The van der Waals surface area contributed by atoms with Crippen LogP contribution in [-0.2, 0) is 12.0 Å². The number of hydrogen-bond acceptors (Lipinski definition) is 2. The molecule has 2 aromatic rings. The third kappa shape index (κ3) is 2.34. The second-order valence-corrected chi connectivity index (χ2v) is 6.59. The van der Waals surface area contributed by atoms with E-state index < -0.39 is 6.09 Å². The van der Waals surface area contributed by atoms with Crippen molar-refractivity contribution in [3.8, 4) is 0 Å². The number of anilines is 1. The molecule has 1 N–H and O–H groups in total. The molecule has 0 radical (unpaired) electrons. The Morgan fingerprint density at radius 3 is 2.52 bits per heavy atom. The number of amides is 1. The quantitative estimate of drug-likeness (QED) is 0.925. The van der Waals surface area contributed by atoms with Gasteiger partial charge in [0.15, 0.2) is 0 Å². The van der Waals surface area contributed by atoms with Gasteiger partial charge in [0.05, 0.1) is 0 Å². The first-order valence-electron chi connectivity index (χ1n) is 8.04. The Morgan fingerprint density at radius 2 is 1.78 bits per heavy atom. The number of para-hydroxylation sites is 1. The maximum absolute atomic E-state index is 11.3. The maximum atomic E-state index is 11.3. The van der Waals surface area contributed by atoms with Crippen molar-refractivity contribution in [2.75, 3.05) is 24.5 Å². The summed E-state index contributed by atoms with van der Waals surface area (Å²) in [5, 5.41) is 9.32. The lowest BCUT2D eigenvalue weighted by Crippen LogP contribution is -2.37. The van der Waals surface area contributed by atoms with Crippen LogP contribution in [0, 0.1) is 0 Å². The van der Waals surface area contributed by atoms with Gasteiger partial charge < -0.3 is 14.9 Å². The highest BCUT2D eigenvalue weighted by Gasteiger charge is 2.48. The molecule has 1 spiro atoms. The van der Waals surface area contributed by atoms with E-state index in [0.717, 1.165) is 19.5 Å². The molecule has 0 unspecified atom stereocenters. The van der Waals surface area contributed by atoms with Crippen LogP contribution >= 0.6 is 0 Å². The molecule has 4 nitrogen and oxygen atoms in total. The average Bonchev–Trinajstić information content (AvgIpc) is 3.13. The van der Waals surface area contributed by atoms with Crippen LogP contribution in [0.15, 0.2) is 54.6 Å². The van der Waals surface area contributed by atoms with Crippen molar-refractivity contribution < 1.29 is 9.90 Å². The van der Waals surface area contributed by atoms with E-state index in [9.17, 15) is 9.90 Å². The number of nitrogens with zero attached hydrogens (tertiary/aromatic N) is 2. The summed E-state index contributed by atoms with van der Waals surface area (Å²) in [6.07, 6.45) is 0.0996. The Hall–Kier alpha value is -2.49. The van der Waals surface area contributed by atoms with Crippen molar-refractivity contribution in [3.05, 3.63) is 65.7 Å². The first-order valence-corrected chi connectivity index (χ1v) is 8.04. The molecule has 2 aliphatic heterocycles. The third-order valence-electron chi connectivity index (χ3n) is 5.15. The molecule has 118 valence electrons. The number of likely N-dealkylation sites (tertiary alicyclic amines) is 1. The molecule has 1 amide bonds. The molecule has 2 aliphatic rings. The first kappa shape index (κ1) is 14.1. The van der Waals surface area contributed by atoms with Gasteiger partial charge in [0.2, 0.25) is 0 Å². The van der Waals surface area contributed by atoms with Crippen molar-refractivity contribution >= 4 is 11.8 Å². The number of carbonyl (C=O) groups is 1. The standard InChI is InChI=1S/C19H20N2O2/c22-18(23)20-11-10-19(13-20)14-21(12-15-6-2-1-3-7-15)17-9-5-4-8-16(17)19/h1-9H,10-14H2,(H,22,23)/t19-/m1/s1. The van der Waals surface area contributed by atoms with Gasteiger partial charge in [0.1, 0.15) is 0 Å². The van der Waals surface area contributed by atoms with Crippen molar-refractivity contribution in [2.24, 2.45) is 0 Å². The zero-order chi connectivity index (χ0) is 15.9. The van der Waals surface area contributed by atoms with E-state index in [2.05, 4.69) is 53.4 Å². The number of carboxylic acid groups (broad SMARTS) is 1. The lowest BCUT2D eigenvalue weighted by molar-refractivity contribution is 0.153. The van der Waals surface area contributed by atoms with E-state index >= 15 is 0 Å². The molecule has 1 saturated heterocycles. The summed E-state index contributed by atoms with van der Waals surface area (Å²) in [5.74, 6) is 0. The van der Waals surface area contributed by atoms with Crippen molar-refractivity contribution in [1.29, 1.82) is 0 Å². The Morgan fingerprint density at radius 1 is 1.04 bits per heavy atom. The number of benzene rings is 2. The fourth-order valence-electron chi connectivity index (χ4n) is 4.06. The second-order valence-electron chi connectivity index (χ2n) is 6.59. The summed E-state index contributed by atoms with van der Waals surface area (Å²) in [6, 6.07) is 18.9. The van der Waals surface area contributed by atoms with Crippen molar-refractivity contribution in [1.82, 2.24) is 4.90 Å². The molecular formula is C19H20N2O2. The molecule has 0 saturated carbocycles. The Kier molecular flexibility index (Phi) is 3.26. The van der Waals surface area contributed by atoms with E-state index in [-0.39, 0.29) is 5.41 Å². The predicted molar refractivity (Wildman–Crippen MR) is 89.8 cm³/mol. The summed E-state index contributed by atoms with van der Waals surface area (Å²) in [6.45, 7) is 2.99. The summed E-state index contributed by atoms with van der Waals surface area (Å²) >= 11 is 0. The first-order chi connectivity index (χ1) is 11.2. The SMILES string of the molecule is O=C(O)N1CC[C@@]2(C1)CN(Cc1ccccc1)c1ccccc12. The smallest absolute Gasteiger partial charge is 0.407 e. The zero-order valence-electron chi connectivity index (χ0n) is 13.0. The number of rotatable bonds is 2. The van der Waals surface area contributed by atoms with Gasteiger partial charge in [-0.3, -0.25) is 0 Å². The summed E-state index contributed by atoms with van der Waals surface area (Å²) < 4.78 is 0. The van der Waals surface area contributed by atoms with Gasteiger partial charge in [-0.1, -0.05) is 48.5 Å². The highest BCUT2D eigenvalue weighted by atomic mass is 16.4.